The van der Waals surface area contributed by atoms with Crippen molar-refractivity contribution in [3.8, 4) is 0 Å². The molecule has 2 aliphatic rings. The van der Waals surface area contributed by atoms with E-state index in [1.165, 1.54) is 6.33 Å². The highest BCUT2D eigenvalue weighted by Crippen LogP contribution is 2.58. The van der Waals surface area contributed by atoms with Gasteiger partial charge in [-0.15, -0.1) is 0 Å². The van der Waals surface area contributed by atoms with Crippen LogP contribution in [0.2, 0.25) is 28.2 Å². The number of nitrogens with two attached hydrogens (primary N) is 1. The average molecular weight is 536 g/mol. The lowest BCUT2D eigenvalue weighted by Crippen LogP contribution is -2.68. The van der Waals surface area contributed by atoms with Gasteiger partial charge in [0.15, 0.2) is 26.0 Å². The first-order chi connectivity index (χ1) is 16.3. The van der Waals surface area contributed by atoms with Crippen LogP contribution in [-0.4, -0.2) is 60.8 Å². The monoisotopic (exact) mass is 535 g/mol. The highest BCUT2D eigenvalue weighted by atomic mass is 28.4. The van der Waals surface area contributed by atoms with Gasteiger partial charge in [-0.05, 0) is 25.1 Å². The SMILES string of the molecule is CC1(O[Si](C)(C)C(C)(C)C)C2O[Si](C(C)(C)C)(C(C)(C)C)OC[C@H]2O[C@H]1n1cnc2c(N)ncnc21. The predicted octanol–water partition coefficient (Wildman–Crippen LogP) is 5.54. The Morgan fingerprint density at radius 1 is 1.06 bits per heavy atom. The highest BCUT2D eigenvalue weighted by Gasteiger charge is 2.69. The van der Waals surface area contributed by atoms with E-state index in [0.29, 0.717) is 23.6 Å². The number of anilines is 1. The van der Waals surface area contributed by atoms with E-state index in [1.807, 2.05) is 4.57 Å². The van der Waals surface area contributed by atoms with Gasteiger partial charge in [-0.25, -0.2) is 15.0 Å². The summed E-state index contributed by atoms with van der Waals surface area (Å²) in [4.78, 5) is 13.1. The van der Waals surface area contributed by atoms with Crippen LogP contribution in [0.4, 0.5) is 5.82 Å². The first-order valence-electron chi connectivity index (χ1n) is 12.9. The molecule has 4 rings (SSSR count). The molecule has 2 aliphatic heterocycles. The molecule has 2 saturated heterocycles. The minimum Gasteiger partial charge on any atom is -0.404 e. The zero-order valence-electron chi connectivity index (χ0n) is 24.1. The zero-order chi connectivity index (χ0) is 27.1. The molecule has 0 amide bonds. The van der Waals surface area contributed by atoms with Crippen LogP contribution < -0.4 is 5.73 Å². The van der Waals surface area contributed by atoms with Crippen LogP contribution in [0.1, 0.15) is 75.5 Å². The van der Waals surface area contributed by atoms with Crippen LogP contribution in [0.5, 0.6) is 0 Å². The molecule has 2 N–H and O–H groups in total. The summed E-state index contributed by atoms with van der Waals surface area (Å²) in [5.74, 6) is 0.340. The van der Waals surface area contributed by atoms with Crippen molar-refractivity contribution in [2.45, 2.75) is 121 Å². The van der Waals surface area contributed by atoms with E-state index in [1.54, 1.807) is 6.33 Å². The van der Waals surface area contributed by atoms with Gasteiger partial charge in [0.2, 0.25) is 0 Å². The third-order valence-corrected chi connectivity index (χ3v) is 18.0. The molecule has 36 heavy (non-hydrogen) atoms. The molecule has 2 fully saturated rings. The summed E-state index contributed by atoms with van der Waals surface area (Å²) in [6.45, 7) is 27.3. The Morgan fingerprint density at radius 2 is 1.67 bits per heavy atom. The molecule has 0 spiro atoms. The molecule has 0 bridgehead atoms. The second kappa shape index (κ2) is 8.31. The van der Waals surface area contributed by atoms with E-state index in [2.05, 4.69) is 97.3 Å². The van der Waals surface area contributed by atoms with E-state index in [4.69, 9.17) is 23.7 Å². The predicted molar refractivity (Wildman–Crippen MR) is 146 cm³/mol. The molecule has 2 unspecified atom stereocenters. The quantitative estimate of drug-likeness (QED) is 0.510. The Morgan fingerprint density at radius 3 is 2.22 bits per heavy atom. The summed E-state index contributed by atoms with van der Waals surface area (Å²) < 4.78 is 30.0. The summed E-state index contributed by atoms with van der Waals surface area (Å²) in [5.41, 5.74) is 6.48. The highest BCUT2D eigenvalue weighted by molar-refractivity contribution is 6.74. The van der Waals surface area contributed by atoms with Crippen LogP contribution in [-0.2, 0) is 18.0 Å². The van der Waals surface area contributed by atoms with Gasteiger partial charge in [0, 0.05) is 10.1 Å². The fraction of sp³-hybridized carbons (Fsp3) is 0.800. The van der Waals surface area contributed by atoms with Crippen molar-refractivity contribution in [1.82, 2.24) is 19.5 Å². The summed E-state index contributed by atoms with van der Waals surface area (Å²) in [6.07, 6.45) is 2.07. The van der Waals surface area contributed by atoms with Gasteiger partial charge in [-0.1, -0.05) is 62.3 Å². The zero-order valence-corrected chi connectivity index (χ0v) is 26.1. The lowest BCUT2D eigenvalue weighted by atomic mass is 9.96. The number of nitrogen functional groups attached to an aromatic ring is 1. The number of rotatable bonds is 3. The Labute approximate surface area is 217 Å². The third-order valence-electron chi connectivity index (χ3n) is 8.34. The van der Waals surface area contributed by atoms with Crippen molar-refractivity contribution in [2.24, 2.45) is 0 Å². The molecule has 0 radical (unpaired) electrons. The maximum absolute atomic E-state index is 7.29. The van der Waals surface area contributed by atoms with E-state index < -0.39 is 28.7 Å². The molecular weight excluding hydrogens is 490 g/mol. The van der Waals surface area contributed by atoms with Crippen molar-refractivity contribution in [2.75, 3.05) is 12.3 Å². The second-order valence-electron chi connectivity index (χ2n) is 14.1. The minimum absolute atomic E-state index is 0.00398. The number of hydrogen-bond donors (Lipinski definition) is 1. The Hall–Kier alpha value is -1.38. The van der Waals surface area contributed by atoms with Gasteiger partial charge in [0.25, 0.3) is 0 Å². The van der Waals surface area contributed by atoms with Crippen molar-refractivity contribution >= 4 is 33.9 Å². The molecule has 2 aromatic heterocycles. The van der Waals surface area contributed by atoms with Gasteiger partial charge >= 0.3 is 8.56 Å². The minimum atomic E-state index is -2.77. The fourth-order valence-electron chi connectivity index (χ4n) is 5.72. The molecule has 0 saturated carbocycles. The Kier molecular flexibility index (Phi) is 6.38. The summed E-state index contributed by atoms with van der Waals surface area (Å²) in [7, 11) is -5.04. The third kappa shape index (κ3) is 4.06. The number of imidazole rings is 1. The molecular formula is C25H45N5O4Si2. The molecule has 202 valence electrons. The fourth-order valence-corrected chi connectivity index (χ4v) is 12.4. The summed E-state index contributed by atoms with van der Waals surface area (Å²) in [6, 6.07) is 0. The van der Waals surface area contributed by atoms with Crippen LogP contribution in [0.25, 0.3) is 11.2 Å². The average Bonchev–Trinajstić information content (AvgIpc) is 3.24. The molecule has 9 nitrogen and oxygen atoms in total. The van der Waals surface area contributed by atoms with Crippen LogP contribution >= 0.6 is 0 Å². The van der Waals surface area contributed by atoms with E-state index in [9.17, 15) is 0 Å². The summed E-state index contributed by atoms with van der Waals surface area (Å²) in [5, 5.41) is -0.318. The van der Waals surface area contributed by atoms with E-state index in [-0.39, 0.29) is 27.3 Å². The van der Waals surface area contributed by atoms with Gasteiger partial charge in [0.05, 0.1) is 12.9 Å². The van der Waals surface area contributed by atoms with Crippen molar-refractivity contribution < 1.29 is 18.0 Å². The van der Waals surface area contributed by atoms with Gasteiger partial charge < -0.3 is 23.7 Å². The van der Waals surface area contributed by atoms with Crippen molar-refractivity contribution in [3.63, 3.8) is 0 Å². The number of fused-ring (bicyclic) bond motifs is 2. The maximum Gasteiger partial charge on any atom is 0.349 e. The Bertz CT molecular complexity index is 1120. The number of hydrogen-bond acceptors (Lipinski definition) is 8. The first kappa shape index (κ1) is 27.7. The van der Waals surface area contributed by atoms with Gasteiger partial charge in [0.1, 0.15) is 29.7 Å². The number of aromatic nitrogens is 4. The summed E-state index contributed by atoms with van der Waals surface area (Å²) >= 11 is 0. The second-order valence-corrected chi connectivity index (χ2v) is 23.6. The lowest BCUT2D eigenvalue weighted by molar-refractivity contribution is -0.0861. The number of ether oxygens (including phenoxy) is 1. The van der Waals surface area contributed by atoms with Crippen LogP contribution in [0, 0.1) is 0 Å². The lowest BCUT2D eigenvalue weighted by Gasteiger charge is -2.55. The maximum atomic E-state index is 7.29. The van der Waals surface area contributed by atoms with Crippen LogP contribution in [0.15, 0.2) is 12.7 Å². The van der Waals surface area contributed by atoms with Crippen LogP contribution in [0.3, 0.4) is 0 Å². The largest absolute Gasteiger partial charge is 0.404 e. The molecule has 0 aromatic carbocycles. The Balaban J connectivity index is 1.88. The number of nitrogens with zero attached hydrogens (tertiary/aromatic N) is 4. The first-order valence-corrected chi connectivity index (χ1v) is 17.6. The normalized spacial score (nSPS) is 29.5. The van der Waals surface area contributed by atoms with E-state index >= 15 is 0 Å². The molecule has 0 aliphatic carbocycles. The van der Waals surface area contributed by atoms with Gasteiger partial charge in [-0.3, -0.25) is 4.57 Å². The smallest absolute Gasteiger partial charge is 0.349 e. The molecule has 2 aromatic rings. The van der Waals surface area contributed by atoms with E-state index in [0.717, 1.165) is 0 Å². The molecule has 11 heteroatoms. The van der Waals surface area contributed by atoms with Crippen molar-refractivity contribution in [3.05, 3.63) is 12.7 Å². The standard InChI is InChI=1S/C25H45N5O4Si2/c1-22(2,3)35(11,12)34-25(10)18-16(13-31-36(33-18,23(4,5)6)24(7,8)9)32-21(25)30-15-29-17-19(26)27-14-28-20(17)30/h14-16,18,21H,13H2,1-12H3,(H2,26,27,28)/t16-,18?,21-,25?/m1/s1. The molecule has 4 heterocycles. The van der Waals surface area contributed by atoms with Gasteiger partial charge in [-0.2, -0.15) is 0 Å². The topological polar surface area (TPSA) is 107 Å². The van der Waals surface area contributed by atoms with Crippen molar-refractivity contribution in [1.29, 1.82) is 0 Å². The molecule has 4 atom stereocenters.